The SMILES string of the molecule is CC(C)N(C)C(=O)COc1cc(C(C)(C)C)sc1C(=O)O. The van der Waals surface area contributed by atoms with E-state index in [1.54, 1.807) is 18.0 Å². The molecule has 21 heavy (non-hydrogen) atoms. The molecule has 0 bridgehead atoms. The quantitative estimate of drug-likeness (QED) is 0.907. The van der Waals surface area contributed by atoms with Gasteiger partial charge in [-0.15, -0.1) is 11.3 Å². The van der Waals surface area contributed by atoms with E-state index < -0.39 is 5.97 Å². The lowest BCUT2D eigenvalue weighted by Gasteiger charge is -2.21. The van der Waals surface area contributed by atoms with Crippen LogP contribution in [0.1, 0.15) is 49.2 Å². The van der Waals surface area contributed by atoms with Crippen molar-refractivity contribution in [3.8, 4) is 5.75 Å². The Kier molecular flexibility index (Phi) is 5.39. The standard InChI is InChI=1S/C15H23NO4S/c1-9(2)16(6)12(17)8-20-10-7-11(15(3,4)5)21-13(10)14(18)19/h7,9H,8H2,1-6H3,(H,18,19). The van der Waals surface area contributed by atoms with Crippen LogP contribution in [0.15, 0.2) is 6.07 Å². The lowest BCUT2D eigenvalue weighted by atomic mass is 9.95. The Bertz CT molecular complexity index is 528. The Balaban J connectivity index is 2.90. The first-order valence-corrected chi connectivity index (χ1v) is 7.61. The Morgan fingerprint density at radius 2 is 1.95 bits per heavy atom. The number of carbonyl (C=O) groups excluding carboxylic acids is 1. The number of amides is 1. The van der Waals surface area contributed by atoms with Gasteiger partial charge in [-0.2, -0.15) is 0 Å². The normalized spacial score (nSPS) is 11.6. The summed E-state index contributed by atoms with van der Waals surface area (Å²) in [6, 6.07) is 1.80. The Hall–Kier alpha value is -1.56. The van der Waals surface area contributed by atoms with Gasteiger partial charge in [-0.05, 0) is 25.3 Å². The van der Waals surface area contributed by atoms with E-state index in [0.29, 0.717) is 0 Å². The molecule has 1 rings (SSSR count). The number of hydrogen-bond acceptors (Lipinski definition) is 4. The molecule has 1 amide bonds. The highest BCUT2D eigenvalue weighted by atomic mass is 32.1. The molecule has 118 valence electrons. The van der Waals surface area contributed by atoms with Crippen LogP contribution in [0.25, 0.3) is 0 Å². The molecule has 5 nitrogen and oxygen atoms in total. The molecule has 0 aliphatic rings. The van der Waals surface area contributed by atoms with Gasteiger partial charge in [0.25, 0.3) is 5.91 Å². The predicted molar refractivity (Wildman–Crippen MR) is 83.4 cm³/mol. The van der Waals surface area contributed by atoms with Gasteiger partial charge in [0.15, 0.2) is 11.5 Å². The molecule has 0 atom stereocenters. The van der Waals surface area contributed by atoms with Crippen molar-refractivity contribution in [2.45, 2.75) is 46.1 Å². The summed E-state index contributed by atoms with van der Waals surface area (Å²) in [7, 11) is 1.70. The molecule has 0 unspecified atom stereocenters. The molecular formula is C15H23NO4S. The van der Waals surface area contributed by atoms with E-state index in [0.717, 1.165) is 4.88 Å². The maximum Gasteiger partial charge on any atom is 0.349 e. The molecule has 0 radical (unpaired) electrons. The number of likely N-dealkylation sites (N-methyl/N-ethyl adjacent to an activating group) is 1. The number of carboxylic acids is 1. The fourth-order valence-corrected chi connectivity index (χ4v) is 2.53. The molecule has 0 aliphatic carbocycles. The summed E-state index contributed by atoms with van der Waals surface area (Å²) < 4.78 is 5.45. The summed E-state index contributed by atoms with van der Waals surface area (Å²) in [4.78, 5) is 25.8. The smallest absolute Gasteiger partial charge is 0.349 e. The summed E-state index contributed by atoms with van der Waals surface area (Å²) in [6.45, 7) is 9.67. The summed E-state index contributed by atoms with van der Waals surface area (Å²) >= 11 is 1.19. The molecule has 0 saturated heterocycles. The monoisotopic (exact) mass is 313 g/mol. The third-order valence-electron chi connectivity index (χ3n) is 3.15. The van der Waals surface area contributed by atoms with Gasteiger partial charge in [0.05, 0.1) is 0 Å². The van der Waals surface area contributed by atoms with Crippen molar-refractivity contribution < 1.29 is 19.4 Å². The molecule has 0 aliphatic heterocycles. The van der Waals surface area contributed by atoms with Crippen molar-refractivity contribution in [3.63, 3.8) is 0 Å². The topological polar surface area (TPSA) is 66.8 Å². The predicted octanol–water partition coefficient (Wildman–Crippen LogP) is 2.99. The molecule has 1 aromatic rings. The highest BCUT2D eigenvalue weighted by Gasteiger charge is 2.24. The van der Waals surface area contributed by atoms with Crippen molar-refractivity contribution >= 4 is 23.2 Å². The summed E-state index contributed by atoms with van der Waals surface area (Å²) in [5.74, 6) is -0.942. The minimum atomic E-state index is -1.03. The second-order valence-electron chi connectivity index (χ2n) is 6.25. The maximum atomic E-state index is 11.9. The van der Waals surface area contributed by atoms with Crippen LogP contribution in [0.4, 0.5) is 0 Å². The van der Waals surface area contributed by atoms with Crippen LogP contribution in [0.2, 0.25) is 0 Å². The minimum absolute atomic E-state index is 0.0765. The maximum absolute atomic E-state index is 11.9. The first kappa shape index (κ1) is 17.5. The van der Waals surface area contributed by atoms with Crippen LogP contribution in [0.3, 0.4) is 0 Å². The van der Waals surface area contributed by atoms with Crippen molar-refractivity contribution in [2.24, 2.45) is 0 Å². The third kappa shape index (κ3) is 4.46. The van der Waals surface area contributed by atoms with E-state index in [-0.39, 0.29) is 34.6 Å². The lowest BCUT2D eigenvalue weighted by molar-refractivity contribution is -0.133. The molecule has 0 spiro atoms. The molecule has 0 fully saturated rings. The Labute approximate surface area is 129 Å². The van der Waals surface area contributed by atoms with Gasteiger partial charge in [0, 0.05) is 18.0 Å². The number of nitrogens with zero attached hydrogens (tertiary/aromatic N) is 1. The van der Waals surface area contributed by atoms with Crippen molar-refractivity contribution in [1.29, 1.82) is 0 Å². The molecule has 1 aromatic heterocycles. The average molecular weight is 313 g/mol. The Morgan fingerprint density at radius 3 is 2.38 bits per heavy atom. The lowest BCUT2D eigenvalue weighted by Crippen LogP contribution is -2.36. The van der Waals surface area contributed by atoms with Crippen LogP contribution in [0.5, 0.6) is 5.75 Å². The van der Waals surface area contributed by atoms with E-state index in [2.05, 4.69) is 0 Å². The van der Waals surface area contributed by atoms with Gasteiger partial charge < -0.3 is 14.7 Å². The molecule has 6 heteroatoms. The van der Waals surface area contributed by atoms with E-state index in [9.17, 15) is 14.7 Å². The number of rotatable bonds is 5. The van der Waals surface area contributed by atoms with Crippen molar-refractivity contribution in [2.75, 3.05) is 13.7 Å². The minimum Gasteiger partial charge on any atom is -0.482 e. The van der Waals surface area contributed by atoms with Gasteiger partial charge in [0.1, 0.15) is 5.75 Å². The van der Waals surface area contributed by atoms with E-state index in [1.165, 1.54) is 11.3 Å². The highest BCUT2D eigenvalue weighted by Crippen LogP contribution is 2.36. The molecule has 0 aromatic carbocycles. The largest absolute Gasteiger partial charge is 0.482 e. The summed E-state index contributed by atoms with van der Waals surface area (Å²) in [6.07, 6.45) is 0. The molecule has 1 heterocycles. The van der Waals surface area contributed by atoms with Gasteiger partial charge in [-0.25, -0.2) is 4.79 Å². The summed E-state index contributed by atoms with van der Waals surface area (Å²) in [5.41, 5.74) is -0.158. The van der Waals surface area contributed by atoms with E-state index in [1.807, 2.05) is 34.6 Å². The summed E-state index contributed by atoms with van der Waals surface area (Å²) in [5, 5.41) is 9.24. The molecule has 0 saturated carbocycles. The number of hydrogen-bond donors (Lipinski definition) is 1. The van der Waals surface area contributed by atoms with Gasteiger partial charge in [0.2, 0.25) is 0 Å². The number of carbonyl (C=O) groups is 2. The van der Waals surface area contributed by atoms with E-state index in [4.69, 9.17) is 4.74 Å². The first-order valence-electron chi connectivity index (χ1n) is 6.80. The van der Waals surface area contributed by atoms with Crippen LogP contribution >= 0.6 is 11.3 Å². The molecule has 1 N–H and O–H groups in total. The second-order valence-corrected chi connectivity index (χ2v) is 7.30. The number of ether oxygens (including phenoxy) is 1. The van der Waals surface area contributed by atoms with E-state index >= 15 is 0 Å². The zero-order valence-electron chi connectivity index (χ0n) is 13.4. The number of aromatic carboxylic acids is 1. The van der Waals surface area contributed by atoms with Crippen molar-refractivity contribution in [1.82, 2.24) is 4.90 Å². The second kappa shape index (κ2) is 6.47. The van der Waals surface area contributed by atoms with Crippen LogP contribution in [0, 0.1) is 0 Å². The Morgan fingerprint density at radius 1 is 1.38 bits per heavy atom. The highest BCUT2D eigenvalue weighted by molar-refractivity contribution is 7.14. The van der Waals surface area contributed by atoms with Crippen LogP contribution in [-0.2, 0) is 10.2 Å². The first-order chi connectivity index (χ1) is 9.54. The van der Waals surface area contributed by atoms with Crippen molar-refractivity contribution in [3.05, 3.63) is 15.8 Å². The fraction of sp³-hybridized carbons (Fsp3) is 0.600. The average Bonchev–Trinajstić information content (AvgIpc) is 2.78. The third-order valence-corrected chi connectivity index (χ3v) is 4.68. The van der Waals surface area contributed by atoms with Gasteiger partial charge in [-0.3, -0.25) is 4.79 Å². The number of carboxylic acid groups (broad SMARTS) is 1. The fourth-order valence-electron chi connectivity index (χ4n) is 1.53. The number of thiophene rings is 1. The zero-order valence-corrected chi connectivity index (χ0v) is 14.2. The van der Waals surface area contributed by atoms with Gasteiger partial charge >= 0.3 is 5.97 Å². The molecular weight excluding hydrogens is 290 g/mol. The van der Waals surface area contributed by atoms with Gasteiger partial charge in [-0.1, -0.05) is 20.8 Å². The zero-order chi connectivity index (χ0) is 16.4. The van der Waals surface area contributed by atoms with Crippen LogP contribution in [-0.4, -0.2) is 41.6 Å². The van der Waals surface area contributed by atoms with Crippen LogP contribution < -0.4 is 4.74 Å².